The molecule has 0 aliphatic carbocycles. The number of piperidine rings is 1. The van der Waals surface area contributed by atoms with Crippen molar-refractivity contribution in [1.29, 1.82) is 0 Å². The van der Waals surface area contributed by atoms with Crippen molar-refractivity contribution < 1.29 is 13.9 Å². The molecule has 1 aliphatic heterocycles. The minimum Gasteiger partial charge on any atom is -0.444 e. The van der Waals surface area contributed by atoms with Gasteiger partial charge in [-0.15, -0.1) is 0 Å². The number of ether oxygens (including phenoxy) is 1. The molecule has 5 heteroatoms. The molecule has 1 amide bonds. The molecule has 1 heterocycles. The average Bonchev–Trinajstić information content (AvgIpc) is 2.40. The predicted octanol–water partition coefficient (Wildman–Crippen LogP) is 4.70. The van der Waals surface area contributed by atoms with E-state index in [1.165, 1.54) is 6.07 Å². The first kappa shape index (κ1) is 16.3. The Hall–Kier alpha value is -1.10. The zero-order valence-electron chi connectivity index (χ0n) is 12.7. The first-order chi connectivity index (χ1) is 9.76. The molecule has 0 saturated carbocycles. The van der Waals surface area contributed by atoms with Crippen LogP contribution >= 0.6 is 15.9 Å². The lowest BCUT2D eigenvalue weighted by Gasteiger charge is -2.34. The molecule has 1 saturated heterocycles. The van der Waals surface area contributed by atoms with Gasteiger partial charge in [0, 0.05) is 19.0 Å². The Morgan fingerprint density at radius 1 is 1.43 bits per heavy atom. The summed E-state index contributed by atoms with van der Waals surface area (Å²) in [5.74, 6) is -0.0401. The maximum Gasteiger partial charge on any atom is 0.410 e. The van der Waals surface area contributed by atoms with Crippen LogP contribution in [0.15, 0.2) is 22.7 Å². The number of amides is 1. The van der Waals surface area contributed by atoms with E-state index >= 15 is 0 Å². The van der Waals surface area contributed by atoms with Crippen LogP contribution in [0.4, 0.5) is 9.18 Å². The Labute approximate surface area is 133 Å². The highest BCUT2D eigenvalue weighted by molar-refractivity contribution is 9.10. The second-order valence-electron chi connectivity index (χ2n) is 6.44. The molecular formula is C16H21BrFNO2. The van der Waals surface area contributed by atoms with Gasteiger partial charge in [-0.2, -0.15) is 0 Å². The Morgan fingerprint density at radius 2 is 2.14 bits per heavy atom. The van der Waals surface area contributed by atoms with Crippen molar-refractivity contribution in [2.24, 2.45) is 0 Å². The van der Waals surface area contributed by atoms with Gasteiger partial charge < -0.3 is 9.64 Å². The number of benzene rings is 1. The van der Waals surface area contributed by atoms with E-state index in [9.17, 15) is 9.18 Å². The maximum absolute atomic E-state index is 13.3. The van der Waals surface area contributed by atoms with Crippen LogP contribution in [-0.4, -0.2) is 29.7 Å². The van der Waals surface area contributed by atoms with E-state index < -0.39 is 5.60 Å². The molecule has 0 radical (unpaired) electrons. The van der Waals surface area contributed by atoms with E-state index in [1.54, 1.807) is 17.0 Å². The lowest BCUT2D eigenvalue weighted by Crippen LogP contribution is -2.42. The third-order valence-corrected chi connectivity index (χ3v) is 4.10. The van der Waals surface area contributed by atoms with Crippen molar-refractivity contribution in [3.8, 4) is 0 Å². The number of carbonyl (C=O) groups excluding carboxylic acids is 1. The first-order valence-electron chi connectivity index (χ1n) is 7.19. The number of halogens is 2. The SMILES string of the molecule is CC(C)(C)OC(=O)N1CCCC(c2ccc(F)c(Br)c2)C1. The predicted molar refractivity (Wildman–Crippen MR) is 83.9 cm³/mol. The number of hydrogen-bond donors (Lipinski definition) is 0. The van der Waals surface area contributed by atoms with E-state index in [0.29, 0.717) is 17.6 Å². The van der Waals surface area contributed by atoms with E-state index in [0.717, 1.165) is 18.4 Å². The largest absolute Gasteiger partial charge is 0.444 e. The van der Waals surface area contributed by atoms with Crippen LogP contribution < -0.4 is 0 Å². The molecule has 1 aromatic carbocycles. The van der Waals surface area contributed by atoms with Gasteiger partial charge >= 0.3 is 6.09 Å². The molecule has 2 rings (SSSR count). The summed E-state index contributed by atoms with van der Waals surface area (Å²) in [6, 6.07) is 5.06. The highest BCUT2D eigenvalue weighted by atomic mass is 79.9. The number of nitrogens with zero attached hydrogens (tertiary/aromatic N) is 1. The third-order valence-electron chi connectivity index (χ3n) is 3.49. The third kappa shape index (κ3) is 4.43. The van der Waals surface area contributed by atoms with Gasteiger partial charge in [0.1, 0.15) is 11.4 Å². The van der Waals surface area contributed by atoms with Gasteiger partial charge in [-0.3, -0.25) is 0 Å². The van der Waals surface area contributed by atoms with Gasteiger partial charge in [-0.1, -0.05) is 6.07 Å². The van der Waals surface area contributed by atoms with Crippen molar-refractivity contribution >= 4 is 22.0 Å². The number of carbonyl (C=O) groups is 1. The van der Waals surface area contributed by atoms with Gasteiger partial charge in [-0.05, 0) is 67.2 Å². The summed E-state index contributed by atoms with van der Waals surface area (Å²) in [7, 11) is 0. The fraction of sp³-hybridized carbons (Fsp3) is 0.562. The monoisotopic (exact) mass is 357 g/mol. The van der Waals surface area contributed by atoms with Crippen molar-refractivity contribution in [1.82, 2.24) is 4.90 Å². The first-order valence-corrected chi connectivity index (χ1v) is 7.98. The van der Waals surface area contributed by atoms with Crippen molar-refractivity contribution in [2.45, 2.75) is 45.1 Å². The van der Waals surface area contributed by atoms with Crippen LogP contribution in [0.2, 0.25) is 0 Å². The molecule has 1 aliphatic rings. The summed E-state index contributed by atoms with van der Waals surface area (Å²) in [5, 5.41) is 0. The van der Waals surface area contributed by atoms with Gasteiger partial charge in [0.15, 0.2) is 0 Å². The van der Waals surface area contributed by atoms with E-state index in [2.05, 4.69) is 15.9 Å². The lowest BCUT2D eigenvalue weighted by molar-refractivity contribution is 0.0198. The summed E-state index contributed by atoms with van der Waals surface area (Å²) in [6.45, 7) is 6.93. The smallest absolute Gasteiger partial charge is 0.410 e. The topological polar surface area (TPSA) is 29.5 Å². The van der Waals surface area contributed by atoms with Crippen LogP contribution in [0.5, 0.6) is 0 Å². The van der Waals surface area contributed by atoms with Crippen LogP contribution in [-0.2, 0) is 4.74 Å². The van der Waals surface area contributed by atoms with Crippen LogP contribution in [0.25, 0.3) is 0 Å². The summed E-state index contributed by atoms with van der Waals surface area (Å²) < 4.78 is 19.2. The van der Waals surface area contributed by atoms with Crippen LogP contribution in [0.1, 0.15) is 45.1 Å². The fourth-order valence-corrected chi connectivity index (χ4v) is 2.90. The number of likely N-dealkylation sites (tertiary alicyclic amines) is 1. The molecule has 1 atom stereocenters. The quantitative estimate of drug-likeness (QED) is 0.728. The molecule has 0 bridgehead atoms. The van der Waals surface area contributed by atoms with Gasteiger partial charge in [-0.25, -0.2) is 9.18 Å². The molecule has 116 valence electrons. The second-order valence-corrected chi connectivity index (χ2v) is 7.29. The van der Waals surface area contributed by atoms with E-state index in [-0.39, 0.29) is 17.8 Å². The summed E-state index contributed by atoms with van der Waals surface area (Å²) in [4.78, 5) is 13.9. The summed E-state index contributed by atoms with van der Waals surface area (Å²) >= 11 is 3.22. The maximum atomic E-state index is 13.3. The van der Waals surface area contributed by atoms with Crippen LogP contribution in [0.3, 0.4) is 0 Å². The molecular weight excluding hydrogens is 337 g/mol. The number of rotatable bonds is 1. The summed E-state index contributed by atoms with van der Waals surface area (Å²) in [5.41, 5.74) is 0.569. The van der Waals surface area contributed by atoms with E-state index in [4.69, 9.17) is 4.74 Å². The second kappa shape index (κ2) is 6.34. The van der Waals surface area contributed by atoms with Crippen LogP contribution in [0, 0.1) is 5.82 Å². The molecule has 1 unspecified atom stereocenters. The van der Waals surface area contributed by atoms with E-state index in [1.807, 2.05) is 20.8 Å². The highest BCUT2D eigenvalue weighted by Crippen LogP contribution is 2.30. The molecule has 0 N–H and O–H groups in total. The molecule has 0 spiro atoms. The minimum atomic E-state index is -0.483. The Morgan fingerprint density at radius 3 is 2.76 bits per heavy atom. The Balaban J connectivity index is 2.06. The minimum absolute atomic E-state index is 0.225. The standard InChI is InChI=1S/C16H21BrFNO2/c1-16(2,3)21-15(20)19-8-4-5-12(10-19)11-6-7-14(18)13(17)9-11/h6-7,9,12H,4-5,8,10H2,1-3H3. The zero-order chi connectivity index (χ0) is 15.6. The Bertz CT molecular complexity index is 527. The van der Waals surface area contributed by atoms with Gasteiger partial charge in [0.25, 0.3) is 0 Å². The fourth-order valence-electron chi connectivity index (χ4n) is 2.51. The molecule has 0 aromatic heterocycles. The van der Waals surface area contributed by atoms with Gasteiger partial charge in [0.2, 0.25) is 0 Å². The lowest BCUT2D eigenvalue weighted by atomic mass is 9.91. The van der Waals surface area contributed by atoms with Crippen molar-refractivity contribution in [3.05, 3.63) is 34.1 Å². The normalized spacial score (nSPS) is 19.5. The highest BCUT2D eigenvalue weighted by Gasteiger charge is 2.28. The molecule has 1 fully saturated rings. The van der Waals surface area contributed by atoms with Gasteiger partial charge in [0.05, 0.1) is 4.47 Å². The van der Waals surface area contributed by atoms with Crippen molar-refractivity contribution in [3.63, 3.8) is 0 Å². The summed E-state index contributed by atoms with van der Waals surface area (Å²) in [6.07, 6.45) is 1.66. The molecule has 1 aromatic rings. The number of hydrogen-bond acceptors (Lipinski definition) is 2. The van der Waals surface area contributed by atoms with Crippen molar-refractivity contribution in [2.75, 3.05) is 13.1 Å². The average molecular weight is 358 g/mol. The molecule has 21 heavy (non-hydrogen) atoms. The zero-order valence-corrected chi connectivity index (χ0v) is 14.2. The molecule has 3 nitrogen and oxygen atoms in total. The Kier molecular flexibility index (Phi) is 4.91.